The number of nitrogens with one attached hydrogen (secondary N) is 1. The zero-order valence-corrected chi connectivity index (χ0v) is 12.4. The van der Waals surface area contributed by atoms with E-state index in [4.69, 9.17) is 10.5 Å². The zero-order chi connectivity index (χ0) is 15.6. The van der Waals surface area contributed by atoms with Crippen LogP contribution in [0.5, 0.6) is 0 Å². The van der Waals surface area contributed by atoms with Crippen LogP contribution in [0.1, 0.15) is 49.0 Å². The van der Waals surface area contributed by atoms with Crippen molar-refractivity contribution in [3.05, 3.63) is 36.0 Å². The lowest BCUT2D eigenvalue weighted by molar-refractivity contribution is -0.138. The van der Waals surface area contributed by atoms with Gasteiger partial charge in [0.25, 0.3) is 5.91 Å². The molecule has 5 nitrogen and oxygen atoms in total. The summed E-state index contributed by atoms with van der Waals surface area (Å²) in [7, 11) is 0. The molecule has 1 amide bonds. The SMILES string of the molecule is NC(=O)C1(OC(=O)c2cc3ccccc3[nH]2)CCCCCC1. The average Bonchev–Trinajstić information content (AvgIpc) is 2.80. The molecule has 1 aromatic heterocycles. The molecule has 0 unspecified atom stereocenters. The van der Waals surface area contributed by atoms with E-state index in [9.17, 15) is 9.59 Å². The molecule has 1 aliphatic carbocycles. The largest absolute Gasteiger partial charge is 0.444 e. The minimum atomic E-state index is -1.16. The minimum absolute atomic E-state index is 0.353. The van der Waals surface area contributed by atoms with Gasteiger partial charge in [-0.1, -0.05) is 31.0 Å². The van der Waals surface area contributed by atoms with E-state index in [0.29, 0.717) is 18.5 Å². The number of H-pyrrole nitrogens is 1. The molecule has 3 rings (SSSR count). The maximum atomic E-state index is 12.4. The van der Waals surface area contributed by atoms with E-state index in [0.717, 1.165) is 36.6 Å². The lowest BCUT2D eigenvalue weighted by atomic mass is 9.93. The predicted octanol–water partition coefficient (Wildman–Crippen LogP) is 2.90. The smallest absolute Gasteiger partial charge is 0.355 e. The fourth-order valence-electron chi connectivity index (χ4n) is 3.11. The fraction of sp³-hybridized carbons (Fsp3) is 0.412. The molecule has 1 aromatic carbocycles. The quantitative estimate of drug-likeness (QED) is 0.675. The molecular formula is C17H20N2O3. The molecule has 0 aliphatic heterocycles. The van der Waals surface area contributed by atoms with Gasteiger partial charge >= 0.3 is 5.97 Å². The number of hydrogen-bond acceptors (Lipinski definition) is 3. The Bertz CT molecular complexity index is 664. The molecule has 22 heavy (non-hydrogen) atoms. The maximum Gasteiger partial charge on any atom is 0.355 e. The lowest BCUT2D eigenvalue weighted by Crippen LogP contribution is -2.47. The molecule has 1 aliphatic rings. The van der Waals surface area contributed by atoms with Crippen molar-refractivity contribution < 1.29 is 14.3 Å². The van der Waals surface area contributed by atoms with Gasteiger partial charge in [0.2, 0.25) is 0 Å². The first-order valence-electron chi connectivity index (χ1n) is 7.72. The van der Waals surface area contributed by atoms with Crippen molar-refractivity contribution in [1.29, 1.82) is 0 Å². The van der Waals surface area contributed by atoms with Crippen molar-refractivity contribution in [1.82, 2.24) is 4.98 Å². The highest BCUT2D eigenvalue weighted by molar-refractivity contribution is 5.97. The third kappa shape index (κ3) is 2.71. The first kappa shape index (κ1) is 14.6. The van der Waals surface area contributed by atoms with Gasteiger partial charge in [-0.25, -0.2) is 4.79 Å². The normalized spacial score (nSPS) is 17.8. The van der Waals surface area contributed by atoms with Crippen molar-refractivity contribution >= 4 is 22.8 Å². The third-order valence-electron chi connectivity index (χ3n) is 4.40. The summed E-state index contributed by atoms with van der Waals surface area (Å²) < 4.78 is 5.59. The number of carbonyl (C=O) groups is 2. The molecule has 5 heteroatoms. The Balaban J connectivity index is 1.85. The number of rotatable bonds is 3. The number of benzene rings is 1. The highest BCUT2D eigenvalue weighted by Gasteiger charge is 2.41. The number of esters is 1. The number of para-hydroxylation sites is 1. The van der Waals surface area contributed by atoms with E-state index in [1.165, 1.54) is 0 Å². The first-order valence-corrected chi connectivity index (χ1v) is 7.72. The van der Waals surface area contributed by atoms with Gasteiger partial charge < -0.3 is 15.5 Å². The molecule has 1 heterocycles. The van der Waals surface area contributed by atoms with Crippen LogP contribution in [-0.4, -0.2) is 22.5 Å². The van der Waals surface area contributed by atoms with E-state index in [-0.39, 0.29) is 0 Å². The van der Waals surface area contributed by atoms with Crippen molar-refractivity contribution in [3.63, 3.8) is 0 Å². The minimum Gasteiger partial charge on any atom is -0.444 e. The first-order chi connectivity index (χ1) is 10.6. The molecule has 3 N–H and O–H groups in total. The summed E-state index contributed by atoms with van der Waals surface area (Å²) in [6, 6.07) is 9.34. The Morgan fingerprint density at radius 2 is 1.77 bits per heavy atom. The van der Waals surface area contributed by atoms with E-state index < -0.39 is 17.5 Å². The van der Waals surface area contributed by atoms with E-state index in [2.05, 4.69) is 4.98 Å². The van der Waals surface area contributed by atoms with Crippen LogP contribution >= 0.6 is 0 Å². The number of amides is 1. The second-order valence-corrected chi connectivity index (χ2v) is 5.93. The summed E-state index contributed by atoms with van der Waals surface area (Å²) in [5.74, 6) is -1.06. The molecule has 0 bridgehead atoms. The molecular weight excluding hydrogens is 280 g/mol. The van der Waals surface area contributed by atoms with Crippen LogP contribution in [0.4, 0.5) is 0 Å². The van der Waals surface area contributed by atoms with Crippen LogP contribution in [0.2, 0.25) is 0 Å². The zero-order valence-electron chi connectivity index (χ0n) is 12.4. The van der Waals surface area contributed by atoms with Crippen molar-refractivity contribution in [2.75, 3.05) is 0 Å². The monoisotopic (exact) mass is 300 g/mol. The van der Waals surface area contributed by atoms with Crippen molar-refractivity contribution in [2.24, 2.45) is 5.73 Å². The van der Waals surface area contributed by atoms with Crippen molar-refractivity contribution in [3.8, 4) is 0 Å². The third-order valence-corrected chi connectivity index (χ3v) is 4.40. The van der Waals surface area contributed by atoms with Crippen LogP contribution < -0.4 is 5.73 Å². The highest BCUT2D eigenvalue weighted by Crippen LogP contribution is 2.31. The fourth-order valence-corrected chi connectivity index (χ4v) is 3.11. The number of carbonyl (C=O) groups excluding carboxylic acids is 2. The Kier molecular flexibility index (Phi) is 3.88. The molecule has 0 radical (unpaired) electrons. The molecule has 1 saturated carbocycles. The average molecular weight is 300 g/mol. The van der Waals surface area contributed by atoms with E-state index in [1.54, 1.807) is 6.07 Å². The van der Waals surface area contributed by atoms with Gasteiger partial charge in [-0.05, 0) is 37.8 Å². The highest BCUT2D eigenvalue weighted by atomic mass is 16.6. The van der Waals surface area contributed by atoms with Gasteiger partial charge in [-0.15, -0.1) is 0 Å². The summed E-state index contributed by atoms with van der Waals surface area (Å²) >= 11 is 0. The van der Waals surface area contributed by atoms with Gasteiger partial charge in [0.05, 0.1) is 0 Å². The summed E-state index contributed by atoms with van der Waals surface area (Å²) in [5.41, 5.74) is 5.60. The Hall–Kier alpha value is -2.30. The van der Waals surface area contributed by atoms with Crippen LogP contribution in [0.3, 0.4) is 0 Å². The van der Waals surface area contributed by atoms with Gasteiger partial charge in [-0.3, -0.25) is 4.79 Å². The number of ether oxygens (including phenoxy) is 1. The van der Waals surface area contributed by atoms with Crippen LogP contribution in [0.15, 0.2) is 30.3 Å². The molecule has 116 valence electrons. The molecule has 1 fully saturated rings. The maximum absolute atomic E-state index is 12.4. The number of fused-ring (bicyclic) bond motifs is 1. The summed E-state index contributed by atoms with van der Waals surface area (Å²) in [5, 5.41) is 0.934. The standard InChI is InChI=1S/C17H20N2O3/c18-16(21)17(9-5-1-2-6-10-17)22-15(20)14-11-12-7-3-4-8-13(12)19-14/h3-4,7-8,11,19H,1-2,5-6,9-10H2,(H2,18,21). The van der Waals surface area contributed by atoms with Crippen LogP contribution in [0, 0.1) is 0 Å². The van der Waals surface area contributed by atoms with Gasteiger partial charge in [0.1, 0.15) is 5.69 Å². The van der Waals surface area contributed by atoms with E-state index in [1.807, 2.05) is 24.3 Å². The molecule has 2 aromatic rings. The van der Waals surface area contributed by atoms with Crippen LogP contribution in [0.25, 0.3) is 10.9 Å². The second kappa shape index (κ2) is 5.83. The molecule has 0 atom stereocenters. The van der Waals surface area contributed by atoms with Gasteiger partial charge in [-0.2, -0.15) is 0 Å². The molecule has 0 spiro atoms. The molecule has 0 saturated heterocycles. The second-order valence-electron chi connectivity index (χ2n) is 5.93. The lowest BCUT2D eigenvalue weighted by Gasteiger charge is -2.28. The number of primary amides is 1. The van der Waals surface area contributed by atoms with Gasteiger partial charge in [0, 0.05) is 10.9 Å². The summed E-state index contributed by atoms with van der Waals surface area (Å²) in [6.45, 7) is 0. The van der Waals surface area contributed by atoms with Crippen molar-refractivity contribution in [2.45, 2.75) is 44.1 Å². The van der Waals surface area contributed by atoms with Crippen LogP contribution in [-0.2, 0) is 9.53 Å². The summed E-state index contributed by atoms with van der Waals surface area (Å²) in [4.78, 5) is 27.4. The number of aromatic amines is 1. The number of aromatic nitrogens is 1. The topological polar surface area (TPSA) is 85.2 Å². The summed E-state index contributed by atoms with van der Waals surface area (Å²) in [6.07, 6.45) is 4.80. The number of nitrogens with two attached hydrogens (primary N) is 1. The Morgan fingerprint density at radius 3 is 2.41 bits per heavy atom. The Morgan fingerprint density at radius 1 is 1.09 bits per heavy atom. The number of hydrogen-bond donors (Lipinski definition) is 2. The van der Waals surface area contributed by atoms with E-state index >= 15 is 0 Å². The van der Waals surface area contributed by atoms with Gasteiger partial charge in [0.15, 0.2) is 5.60 Å². The predicted molar refractivity (Wildman–Crippen MR) is 83.3 cm³/mol. The Labute approximate surface area is 128 Å².